The highest BCUT2D eigenvalue weighted by atomic mass is 14.9. The molecule has 0 aliphatic heterocycles. The maximum atomic E-state index is 9.08. The Balaban J connectivity index is 2.41. The topological polar surface area (TPSA) is 83.4 Å². The minimum absolute atomic E-state index is 0.0491. The first-order valence-electron chi connectivity index (χ1n) is 6.57. The number of hydrogen-bond donors (Lipinski definition) is 1. The van der Waals surface area contributed by atoms with Crippen molar-refractivity contribution < 1.29 is 0 Å². The fourth-order valence-electron chi connectivity index (χ4n) is 2.09. The van der Waals surface area contributed by atoms with Gasteiger partial charge in [0.25, 0.3) is 0 Å². The van der Waals surface area contributed by atoms with Gasteiger partial charge < -0.3 is 5.32 Å². The first kappa shape index (κ1) is 14.9. The van der Waals surface area contributed by atoms with Gasteiger partial charge in [-0.1, -0.05) is 36.4 Å². The van der Waals surface area contributed by atoms with Crippen molar-refractivity contribution in [3.63, 3.8) is 0 Å². The molecule has 0 spiro atoms. The molecule has 1 N–H and O–H groups in total. The molecule has 4 heteroatoms. The van der Waals surface area contributed by atoms with E-state index in [1.807, 2.05) is 55.5 Å². The molecular weight excluding hydrogens is 272 g/mol. The van der Waals surface area contributed by atoms with Crippen LogP contribution in [0.2, 0.25) is 0 Å². The fourth-order valence-corrected chi connectivity index (χ4v) is 2.09. The zero-order valence-electron chi connectivity index (χ0n) is 12.0. The highest BCUT2D eigenvalue weighted by Crippen LogP contribution is 2.26. The molecule has 0 unspecified atom stereocenters. The Morgan fingerprint density at radius 3 is 2.27 bits per heavy atom. The number of nitrogens with one attached hydrogen (secondary N) is 1. The Morgan fingerprint density at radius 2 is 1.64 bits per heavy atom. The Bertz CT molecular complexity index is 842. The van der Waals surface area contributed by atoms with E-state index >= 15 is 0 Å². The standard InChI is InChI=1S/C18H12N4/c1-13-5-2-3-8-17(13)14-6-4-7-16(9-14)22-18(12-21)15(10-19)11-20/h2-9,22H,1H3. The van der Waals surface area contributed by atoms with Crippen LogP contribution in [-0.4, -0.2) is 0 Å². The summed E-state index contributed by atoms with van der Waals surface area (Å²) in [5.74, 6) is 0. The molecule has 0 heterocycles. The largest absolute Gasteiger partial charge is 0.345 e. The summed E-state index contributed by atoms with van der Waals surface area (Å²) in [7, 11) is 0. The Morgan fingerprint density at radius 1 is 0.909 bits per heavy atom. The molecule has 0 saturated carbocycles. The summed E-state index contributed by atoms with van der Waals surface area (Å²) in [6.45, 7) is 2.03. The summed E-state index contributed by atoms with van der Waals surface area (Å²) in [6.07, 6.45) is 0. The van der Waals surface area contributed by atoms with Crippen molar-refractivity contribution in [2.75, 3.05) is 5.32 Å². The third kappa shape index (κ3) is 3.12. The smallest absolute Gasteiger partial charge is 0.163 e. The highest BCUT2D eigenvalue weighted by Gasteiger charge is 2.07. The molecule has 2 aromatic rings. The molecule has 2 rings (SSSR count). The van der Waals surface area contributed by atoms with Crippen LogP contribution in [0.5, 0.6) is 0 Å². The van der Waals surface area contributed by atoms with Crippen LogP contribution in [0.3, 0.4) is 0 Å². The van der Waals surface area contributed by atoms with E-state index in [4.69, 9.17) is 15.8 Å². The molecule has 22 heavy (non-hydrogen) atoms. The molecule has 2 aromatic carbocycles. The minimum Gasteiger partial charge on any atom is -0.345 e. The van der Waals surface area contributed by atoms with Gasteiger partial charge in [-0.3, -0.25) is 0 Å². The van der Waals surface area contributed by atoms with Crippen molar-refractivity contribution in [2.24, 2.45) is 0 Å². The van der Waals surface area contributed by atoms with Crippen molar-refractivity contribution in [1.29, 1.82) is 15.8 Å². The number of aryl methyl sites for hydroxylation is 1. The molecule has 0 fully saturated rings. The van der Waals surface area contributed by atoms with Crippen molar-refractivity contribution >= 4 is 5.69 Å². The van der Waals surface area contributed by atoms with Gasteiger partial charge in [-0.15, -0.1) is 0 Å². The zero-order chi connectivity index (χ0) is 15.9. The monoisotopic (exact) mass is 284 g/mol. The molecule has 0 aromatic heterocycles. The molecule has 0 amide bonds. The molecule has 4 nitrogen and oxygen atoms in total. The predicted molar refractivity (Wildman–Crippen MR) is 84.1 cm³/mol. The number of benzene rings is 2. The van der Waals surface area contributed by atoms with Crippen LogP contribution in [0.1, 0.15) is 5.56 Å². The minimum atomic E-state index is -0.233. The van der Waals surface area contributed by atoms with Crippen molar-refractivity contribution in [1.82, 2.24) is 0 Å². The lowest BCUT2D eigenvalue weighted by atomic mass is 10.0. The molecule has 0 aliphatic rings. The maximum Gasteiger partial charge on any atom is 0.163 e. The normalized spacial score (nSPS) is 9.00. The van der Waals surface area contributed by atoms with E-state index in [0.29, 0.717) is 5.69 Å². The molecular formula is C18H12N4. The van der Waals surface area contributed by atoms with Gasteiger partial charge >= 0.3 is 0 Å². The summed E-state index contributed by atoms with van der Waals surface area (Å²) in [5.41, 5.74) is 3.60. The summed E-state index contributed by atoms with van der Waals surface area (Å²) in [4.78, 5) is 0. The van der Waals surface area contributed by atoms with E-state index in [9.17, 15) is 0 Å². The van der Waals surface area contributed by atoms with E-state index < -0.39 is 0 Å². The van der Waals surface area contributed by atoms with Crippen LogP contribution in [0.15, 0.2) is 59.8 Å². The van der Waals surface area contributed by atoms with E-state index in [2.05, 4.69) is 5.32 Å². The zero-order valence-corrected chi connectivity index (χ0v) is 12.0. The Labute approximate surface area is 129 Å². The van der Waals surface area contributed by atoms with Gasteiger partial charge in [0.15, 0.2) is 5.57 Å². The van der Waals surface area contributed by atoms with Gasteiger partial charge in [0.2, 0.25) is 0 Å². The second kappa shape index (κ2) is 6.75. The number of allylic oxidation sites excluding steroid dienone is 2. The maximum absolute atomic E-state index is 9.08. The van der Waals surface area contributed by atoms with Gasteiger partial charge in [0, 0.05) is 5.69 Å². The van der Waals surface area contributed by atoms with Crippen LogP contribution in [0, 0.1) is 40.9 Å². The van der Waals surface area contributed by atoms with E-state index in [1.54, 1.807) is 18.2 Å². The van der Waals surface area contributed by atoms with Crippen LogP contribution in [0.4, 0.5) is 5.69 Å². The second-order valence-corrected chi connectivity index (χ2v) is 4.61. The summed E-state index contributed by atoms with van der Waals surface area (Å²) in [6, 6.07) is 20.8. The lowest BCUT2D eigenvalue weighted by Gasteiger charge is -2.09. The number of anilines is 1. The van der Waals surface area contributed by atoms with Crippen LogP contribution < -0.4 is 5.32 Å². The lowest BCUT2D eigenvalue weighted by molar-refractivity contribution is 1.37. The Kier molecular flexibility index (Phi) is 4.56. The Hall–Kier alpha value is -3.55. The van der Waals surface area contributed by atoms with E-state index in [0.717, 1.165) is 16.7 Å². The second-order valence-electron chi connectivity index (χ2n) is 4.61. The number of rotatable bonds is 3. The van der Waals surface area contributed by atoms with Gasteiger partial charge in [0.05, 0.1) is 0 Å². The third-order valence-electron chi connectivity index (χ3n) is 3.17. The quantitative estimate of drug-likeness (QED) is 0.866. The van der Waals surface area contributed by atoms with Crippen molar-refractivity contribution in [3.05, 3.63) is 65.4 Å². The van der Waals surface area contributed by atoms with Gasteiger partial charge in [0.1, 0.15) is 23.9 Å². The molecule has 104 valence electrons. The molecule has 0 radical (unpaired) electrons. The van der Waals surface area contributed by atoms with Gasteiger partial charge in [-0.25, -0.2) is 0 Å². The lowest BCUT2D eigenvalue weighted by Crippen LogP contribution is -2.00. The number of hydrogen-bond acceptors (Lipinski definition) is 4. The molecule has 0 aliphatic carbocycles. The predicted octanol–water partition coefficient (Wildman–Crippen LogP) is 3.90. The molecule has 0 saturated heterocycles. The van der Waals surface area contributed by atoms with Gasteiger partial charge in [-0.05, 0) is 35.7 Å². The molecule has 0 bridgehead atoms. The number of nitriles is 3. The van der Waals surface area contributed by atoms with Crippen LogP contribution in [0.25, 0.3) is 11.1 Å². The van der Waals surface area contributed by atoms with Gasteiger partial charge in [-0.2, -0.15) is 15.8 Å². The summed E-state index contributed by atoms with van der Waals surface area (Å²) < 4.78 is 0. The van der Waals surface area contributed by atoms with Crippen LogP contribution >= 0.6 is 0 Å². The van der Waals surface area contributed by atoms with E-state index in [-0.39, 0.29) is 11.3 Å². The first-order valence-corrected chi connectivity index (χ1v) is 6.57. The molecule has 0 atom stereocenters. The SMILES string of the molecule is Cc1ccccc1-c1cccc(NC(C#N)=C(C#N)C#N)c1. The fraction of sp³-hybridized carbons (Fsp3) is 0.0556. The van der Waals surface area contributed by atoms with Crippen LogP contribution in [-0.2, 0) is 0 Å². The summed E-state index contributed by atoms with van der Waals surface area (Å²) in [5, 5.41) is 29.6. The van der Waals surface area contributed by atoms with Crippen molar-refractivity contribution in [2.45, 2.75) is 6.92 Å². The van der Waals surface area contributed by atoms with E-state index in [1.165, 1.54) is 0 Å². The average molecular weight is 284 g/mol. The highest BCUT2D eigenvalue weighted by molar-refractivity contribution is 5.72. The number of nitrogens with zero attached hydrogens (tertiary/aromatic N) is 3. The first-order chi connectivity index (χ1) is 10.7. The third-order valence-corrected chi connectivity index (χ3v) is 3.17. The average Bonchev–Trinajstić information content (AvgIpc) is 2.55. The van der Waals surface area contributed by atoms with Crippen molar-refractivity contribution in [3.8, 4) is 29.3 Å². The summed E-state index contributed by atoms with van der Waals surface area (Å²) >= 11 is 0.